The molecule has 0 unspecified atom stereocenters. The van der Waals surface area contributed by atoms with Crippen LogP contribution in [0.1, 0.15) is 18.4 Å². The molecule has 0 saturated carbocycles. The molecule has 2 N–H and O–H groups in total. The van der Waals surface area contributed by atoms with Crippen LogP contribution in [0.4, 0.5) is 0 Å². The van der Waals surface area contributed by atoms with Gasteiger partial charge in [-0.2, -0.15) is 5.26 Å². The fourth-order valence-electron chi connectivity index (χ4n) is 3.00. The number of nitrogens with one attached hydrogen (secondary N) is 1. The average Bonchev–Trinajstić information content (AvgIpc) is 3.32. The predicted molar refractivity (Wildman–Crippen MR) is 105 cm³/mol. The molecule has 144 valence electrons. The fourth-order valence-corrected chi connectivity index (χ4v) is 3.00. The van der Waals surface area contributed by atoms with Crippen molar-refractivity contribution >= 4 is 33.5 Å². The summed E-state index contributed by atoms with van der Waals surface area (Å²) in [4.78, 5) is 19.6. The lowest BCUT2D eigenvalue weighted by Crippen LogP contribution is -2.20. The molecule has 0 radical (unpaired) electrons. The summed E-state index contributed by atoms with van der Waals surface area (Å²) in [5.74, 6) is -0.786. The van der Waals surface area contributed by atoms with E-state index in [2.05, 4.69) is 15.1 Å². The molecule has 0 aliphatic carbocycles. The van der Waals surface area contributed by atoms with Crippen LogP contribution in [-0.2, 0) is 16.0 Å². The number of carbonyl (C=O) groups excluding carboxylic acids is 1. The number of hydrogen-bond donors (Lipinski definition) is 2. The summed E-state index contributed by atoms with van der Waals surface area (Å²) in [5.41, 5.74) is 2.31. The van der Waals surface area contributed by atoms with E-state index in [-0.39, 0.29) is 23.6 Å². The minimum atomic E-state index is -1.04. The standard InChI is InChI=1S/C21H16N4O4/c1-12(28-19(26)10-17-13-6-2-5-9-18(13)29-25-17)20(27)14(11-22)21-23-15-7-3-4-8-16(15)24-21/h2-9,12,27H,10H2,1H3,(H,23,24)/b20-14-/t12-/m0/s1. The molecule has 2 aromatic heterocycles. The smallest absolute Gasteiger partial charge is 0.312 e. The molecular formula is C21H16N4O4. The number of aliphatic hydroxyl groups is 1. The van der Waals surface area contributed by atoms with Gasteiger partial charge in [0.15, 0.2) is 23.3 Å². The van der Waals surface area contributed by atoms with E-state index in [1.807, 2.05) is 36.4 Å². The number of nitrogens with zero attached hydrogens (tertiary/aromatic N) is 3. The summed E-state index contributed by atoms with van der Waals surface area (Å²) < 4.78 is 10.5. The molecule has 0 amide bonds. The topological polar surface area (TPSA) is 125 Å². The molecule has 29 heavy (non-hydrogen) atoms. The van der Waals surface area contributed by atoms with Gasteiger partial charge in [-0.05, 0) is 31.2 Å². The summed E-state index contributed by atoms with van der Waals surface area (Å²) in [5, 5.41) is 24.6. The Bertz CT molecular complexity index is 1250. The van der Waals surface area contributed by atoms with Crippen molar-refractivity contribution < 1.29 is 19.2 Å². The predicted octanol–water partition coefficient (Wildman–Crippen LogP) is 3.67. The average molecular weight is 388 g/mol. The van der Waals surface area contributed by atoms with E-state index < -0.39 is 12.1 Å². The van der Waals surface area contributed by atoms with Crippen molar-refractivity contribution in [1.29, 1.82) is 5.26 Å². The van der Waals surface area contributed by atoms with E-state index in [1.165, 1.54) is 6.92 Å². The number of nitriles is 1. The number of para-hydroxylation sites is 3. The fraction of sp³-hybridized carbons (Fsp3) is 0.143. The van der Waals surface area contributed by atoms with Gasteiger partial charge in [0.05, 0.1) is 17.5 Å². The third-order valence-electron chi connectivity index (χ3n) is 4.45. The largest absolute Gasteiger partial charge is 0.507 e. The molecule has 1 atom stereocenters. The minimum absolute atomic E-state index is 0.0895. The van der Waals surface area contributed by atoms with Crippen LogP contribution in [0, 0.1) is 11.3 Å². The van der Waals surface area contributed by atoms with Crippen LogP contribution in [0.3, 0.4) is 0 Å². The Labute approximate surface area is 165 Å². The van der Waals surface area contributed by atoms with Gasteiger partial charge in [-0.1, -0.05) is 29.4 Å². The van der Waals surface area contributed by atoms with Gasteiger partial charge < -0.3 is 19.4 Å². The highest BCUT2D eigenvalue weighted by Gasteiger charge is 2.22. The maximum Gasteiger partial charge on any atom is 0.312 e. The Morgan fingerprint density at radius 2 is 2.03 bits per heavy atom. The number of esters is 1. The lowest BCUT2D eigenvalue weighted by atomic mass is 10.1. The first-order valence-electron chi connectivity index (χ1n) is 8.88. The van der Waals surface area contributed by atoms with Crippen molar-refractivity contribution in [2.24, 2.45) is 0 Å². The van der Waals surface area contributed by atoms with Gasteiger partial charge in [0.2, 0.25) is 0 Å². The first-order valence-corrected chi connectivity index (χ1v) is 8.88. The molecule has 4 rings (SSSR count). The maximum absolute atomic E-state index is 12.3. The number of allylic oxidation sites excluding steroid dienone is 1. The number of aromatic amines is 1. The van der Waals surface area contributed by atoms with Gasteiger partial charge in [-0.25, -0.2) is 4.98 Å². The van der Waals surface area contributed by atoms with Gasteiger partial charge in [-0.3, -0.25) is 4.79 Å². The van der Waals surface area contributed by atoms with Crippen LogP contribution in [0.15, 0.2) is 58.8 Å². The zero-order valence-corrected chi connectivity index (χ0v) is 15.4. The van der Waals surface area contributed by atoms with Crippen LogP contribution in [0.25, 0.3) is 27.6 Å². The quantitative estimate of drug-likeness (QED) is 0.303. The second-order valence-electron chi connectivity index (χ2n) is 6.41. The Morgan fingerprint density at radius 3 is 2.83 bits per heavy atom. The number of carbonyl (C=O) groups is 1. The summed E-state index contributed by atoms with van der Waals surface area (Å²) in [6.45, 7) is 1.48. The number of rotatable bonds is 5. The van der Waals surface area contributed by atoms with E-state index in [9.17, 15) is 15.2 Å². The second kappa shape index (κ2) is 7.48. The number of aliphatic hydroxyl groups excluding tert-OH is 1. The number of ether oxygens (including phenoxy) is 1. The minimum Gasteiger partial charge on any atom is -0.507 e. The highest BCUT2D eigenvalue weighted by atomic mass is 16.6. The van der Waals surface area contributed by atoms with E-state index in [1.54, 1.807) is 18.2 Å². The number of fused-ring (bicyclic) bond motifs is 2. The monoisotopic (exact) mass is 388 g/mol. The van der Waals surface area contributed by atoms with E-state index in [0.717, 1.165) is 10.9 Å². The van der Waals surface area contributed by atoms with Crippen molar-refractivity contribution in [2.75, 3.05) is 0 Å². The molecular weight excluding hydrogens is 372 g/mol. The van der Waals surface area contributed by atoms with Crippen LogP contribution in [-0.4, -0.2) is 32.3 Å². The number of hydrogen-bond acceptors (Lipinski definition) is 7. The summed E-state index contributed by atoms with van der Waals surface area (Å²) in [7, 11) is 0. The zero-order valence-electron chi connectivity index (χ0n) is 15.4. The van der Waals surface area contributed by atoms with Crippen molar-refractivity contribution in [3.8, 4) is 6.07 Å². The first-order chi connectivity index (χ1) is 14.1. The lowest BCUT2D eigenvalue weighted by Gasteiger charge is -2.13. The Kier molecular flexibility index (Phi) is 4.71. The molecule has 0 saturated heterocycles. The van der Waals surface area contributed by atoms with Gasteiger partial charge >= 0.3 is 5.97 Å². The SMILES string of the molecule is C[C@H](OC(=O)Cc1noc2ccccc12)/C(O)=C(\C#N)c1nc2ccccc2[nH]1. The van der Waals surface area contributed by atoms with Gasteiger partial charge in [0, 0.05) is 5.39 Å². The summed E-state index contributed by atoms with van der Waals surface area (Å²) in [6.07, 6.45) is -1.16. The second-order valence-corrected chi connectivity index (χ2v) is 6.41. The van der Waals surface area contributed by atoms with E-state index >= 15 is 0 Å². The zero-order chi connectivity index (χ0) is 20.4. The molecule has 4 aromatic rings. The van der Waals surface area contributed by atoms with Crippen molar-refractivity contribution in [3.05, 3.63) is 65.8 Å². The first kappa shape index (κ1) is 18.3. The van der Waals surface area contributed by atoms with Crippen LogP contribution in [0.2, 0.25) is 0 Å². The highest BCUT2D eigenvalue weighted by Crippen LogP contribution is 2.22. The normalized spacial score (nSPS) is 13.1. The molecule has 2 aromatic carbocycles. The number of imidazole rings is 1. The molecule has 0 aliphatic heterocycles. The van der Waals surface area contributed by atoms with Crippen molar-refractivity contribution in [2.45, 2.75) is 19.4 Å². The Balaban J connectivity index is 1.53. The Hall–Kier alpha value is -4.12. The molecule has 0 fully saturated rings. The Morgan fingerprint density at radius 1 is 1.28 bits per heavy atom. The lowest BCUT2D eigenvalue weighted by molar-refractivity contribution is -0.147. The molecule has 8 nitrogen and oxygen atoms in total. The highest BCUT2D eigenvalue weighted by molar-refractivity contribution is 5.85. The molecule has 0 bridgehead atoms. The molecule has 2 heterocycles. The van der Waals surface area contributed by atoms with E-state index in [4.69, 9.17) is 9.26 Å². The van der Waals surface area contributed by atoms with Crippen LogP contribution >= 0.6 is 0 Å². The summed E-state index contributed by atoms with van der Waals surface area (Å²) >= 11 is 0. The third kappa shape index (κ3) is 3.53. The molecule has 0 aliphatic rings. The van der Waals surface area contributed by atoms with E-state index in [0.29, 0.717) is 16.8 Å². The van der Waals surface area contributed by atoms with Gasteiger partial charge in [-0.15, -0.1) is 0 Å². The maximum atomic E-state index is 12.3. The number of aromatic nitrogens is 3. The van der Waals surface area contributed by atoms with Crippen molar-refractivity contribution in [3.63, 3.8) is 0 Å². The molecule has 0 spiro atoms. The summed E-state index contributed by atoms with van der Waals surface area (Å²) in [6, 6.07) is 16.3. The van der Waals surface area contributed by atoms with Crippen LogP contribution < -0.4 is 0 Å². The van der Waals surface area contributed by atoms with Gasteiger partial charge in [0.1, 0.15) is 17.3 Å². The number of benzene rings is 2. The van der Waals surface area contributed by atoms with Gasteiger partial charge in [0.25, 0.3) is 0 Å². The molecule has 8 heteroatoms. The van der Waals surface area contributed by atoms with Crippen molar-refractivity contribution in [1.82, 2.24) is 15.1 Å². The van der Waals surface area contributed by atoms with Crippen LogP contribution in [0.5, 0.6) is 0 Å². The third-order valence-corrected chi connectivity index (χ3v) is 4.45. The number of H-pyrrole nitrogens is 1.